The monoisotopic (exact) mass is 409 g/mol. The summed E-state index contributed by atoms with van der Waals surface area (Å²) in [5, 5.41) is 23.9. The van der Waals surface area contributed by atoms with Gasteiger partial charge in [-0.2, -0.15) is 9.78 Å². The van der Waals surface area contributed by atoms with Crippen molar-refractivity contribution >= 4 is 17.6 Å². The lowest BCUT2D eigenvalue weighted by Crippen LogP contribution is -2.30. The second-order valence-corrected chi connectivity index (χ2v) is 7.25. The summed E-state index contributed by atoms with van der Waals surface area (Å²) < 4.78 is 6.26. The summed E-state index contributed by atoms with van der Waals surface area (Å²) in [6, 6.07) is 7.69. The van der Waals surface area contributed by atoms with E-state index in [2.05, 4.69) is 20.9 Å². The highest BCUT2D eigenvalue weighted by atomic mass is 16.5. The predicted octanol–water partition coefficient (Wildman–Crippen LogP) is 3.73. The summed E-state index contributed by atoms with van der Waals surface area (Å²) in [6.07, 6.45) is 5.63. The number of anilines is 1. The molecule has 0 radical (unpaired) electrons. The minimum absolute atomic E-state index is 0.00573. The molecule has 0 saturated heterocycles. The van der Waals surface area contributed by atoms with Crippen LogP contribution in [0.3, 0.4) is 0 Å². The molecule has 0 aliphatic heterocycles. The molecule has 9 heteroatoms. The van der Waals surface area contributed by atoms with E-state index in [1.165, 1.54) is 23.0 Å². The van der Waals surface area contributed by atoms with Gasteiger partial charge in [-0.1, -0.05) is 18.0 Å². The van der Waals surface area contributed by atoms with E-state index >= 15 is 0 Å². The third kappa shape index (κ3) is 3.91. The first-order valence-corrected chi connectivity index (χ1v) is 10.0. The van der Waals surface area contributed by atoms with Crippen molar-refractivity contribution in [1.82, 2.24) is 20.3 Å². The molecule has 1 aliphatic carbocycles. The number of hydrogen-bond donors (Lipinski definition) is 3. The van der Waals surface area contributed by atoms with E-state index in [-0.39, 0.29) is 23.5 Å². The molecular formula is C21H23N5O4. The highest BCUT2D eigenvalue weighted by Gasteiger charge is 2.26. The Morgan fingerprint density at radius 1 is 1.23 bits per heavy atom. The van der Waals surface area contributed by atoms with Crippen molar-refractivity contribution in [3.8, 4) is 17.0 Å². The second-order valence-electron chi connectivity index (χ2n) is 7.25. The maximum atomic E-state index is 12.5. The second kappa shape index (κ2) is 8.40. The molecule has 3 N–H and O–H groups in total. The molecule has 3 aromatic rings. The smallest absolute Gasteiger partial charge is 0.342 e. The van der Waals surface area contributed by atoms with E-state index in [1.807, 2.05) is 13.0 Å². The van der Waals surface area contributed by atoms with E-state index < -0.39 is 5.91 Å². The Balaban J connectivity index is 1.68. The Morgan fingerprint density at radius 2 is 2.03 bits per heavy atom. The van der Waals surface area contributed by atoms with Crippen molar-refractivity contribution in [3.05, 3.63) is 48.0 Å². The van der Waals surface area contributed by atoms with Gasteiger partial charge in [0.2, 0.25) is 5.76 Å². The molecule has 156 valence electrons. The number of aromatic nitrogens is 3. The average Bonchev–Trinajstić information content (AvgIpc) is 3.49. The zero-order valence-corrected chi connectivity index (χ0v) is 16.6. The fraction of sp³-hybridized carbons (Fsp3) is 0.333. The van der Waals surface area contributed by atoms with E-state index in [9.17, 15) is 14.7 Å². The average molecular weight is 409 g/mol. The number of hydrogen-bond acceptors (Lipinski definition) is 6. The minimum atomic E-state index is -0.455. The molecule has 30 heavy (non-hydrogen) atoms. The maximum absolute atomic E-state index is 12.5. The van der Waals surface area contributed by atoms with Crippen LogP contribution < -0.4 is 10.6 Å². The Labute approximate surface area is 173 Å². The molecule has 9 nitrogen and oxygen atoms in total. The highest BCUT2D eigenvalue weighted by molar-refractivity contribution is 6.02. The van der Waals surface area contributed by atoms with Gasteiger partial charge in [-0.25, -0.2) is 4.79 Å². The van der Waals surface area contributed by atoms with Crippen molar-refractivity contribution < 1.29 is 19.2 Å². The summed E-state index contributed by atoms with van der Waals surface area (Å²) in [4.78, 5) is 24.8. The van der Waals surface area contributed by atoms with Crippen LogP contribution in [-0.2, 0) is 0 Å². The van der Waals surface area contributed by atoms with Crippen LogP contribution in [-0.4, -0.2) is 38.5 Å². The Bertz CT molecular complexity index is 1050. The van der Waals surface area contributed by atoms with Crippen LogP contribution in [0.4, 0.5) is 10.5 Å². The zero-order chi connectivity index (χ0) is 21.1. The van der Waals surface area contributed by atoms with E-state index in [0.717, 1.165) is 31.4 Å². The summed E-state index contributed by atoms with van der Waals surface area (Å²) in [6.45, 7) is 2.34. The topological polar surface area (TPSA) is 122 Å². The van der Waals surface area contributed by atoms with Crippen molar-refractivity contribution in [2.45, 2.75) is 38.5 Å². The Hall–Kier alpha value is -3.62. The van der Waals surface area contributed by atoms with Gasteiger partial charge in [0.05, 0.1) is 17.6 Å². The number of rotatable bonds is 5. The molecule has 0 atom stereocenters. The number of amides is 2. The summed E-state index contributed by atoms with van der Waals surface area (Å²) in [5.74, 6) is -0.117. The third-order valence-corrected chi connectivity index (χ3v) is 5.22. The first-order valence-electron chi connectivity index (χ1n) is 10.0. The summed E-state index contributed by atoms with van der Waals surface area (Å²) in [7, 11) is 0. The number of nitrogens with zero attached hydrogens (tertiary/aromatic N) is 3. The number of phenolic OH excluding ortho intramolecular Hbond substituents is 1. The number of carbonyl (C=O) groups excluding carboxylic acids is 2. The van der Waals surface area contributed by atoms with Gasteiger partial charge in [-0.3, -0.25) is 4.79 Å². The Kier molecular flexibility index (Phi) is 5.51. The summed E-state index contributed by atoms with van der Waals surface area (Å²) in [5.41, 5.74) is 2.19. The third-order valence-electron chi connectivity index (χ3n) is 5.22. The first kappa shape index (κ1) is 19.7. The molecular weight excluding hydrogens is 386 g/mol. The standard InChI is InChI=1S/C21H23N5O4/c1-2-22-21(29)26-17(13-5-3-4-6-13)12-16(25-26)15-11-14(7-8-18(15)27)24-20(28)19-9-10-23-30-19/h7-13,27H,2-6H2,1H3,(H,22,29)(H,24,28). The number of nitrogens with one attached hydrogen (secondary N) is 2. The van der Waals surface area contributed by atoms with Gasteiger partial charge in [0, 0.05) is 29.8 Å². The van der Waals surface area contributed by atoms with Crippen LogP contribution in [0, 0.1) is 0 Å². The van der Waals surface area contributed by atoms with E-state index in [4.69, 9.17) is 4.52 Å². The molecule has 1 saturated carbocycles. The van der Waals surface area contributed by atoms with Crippen LogP contribution >= 0.6 is 0 Å². The normalized spacial score (nSPS) is 14.0. The number of benzene rings is 1. The molecule has 1 aromatic carbocycles. The summed E-state index contributed by atoms with van der Waals surface area (Å²) >= 11 is 0. The molecule has 0 unspecified atom stereocenters. The van der Waals surface area contributed by atoms with Crippen LogP contribution in [0.5, 0.6) is 5.75 Å². The molecule has 0 bridgehead atoms. The van der Waals surface area contributed by atoms with Gasteiger partial charge in [0.1, 0.15) is 5.75 Å². The SMILES string of the molecule is CCNC(=O)n1nc(-c2cc(NC(=O)c3ccno3)ccc2O)cc1C1CCCC1. The lowest BCUT2D eigenvalue weighted by atomic mass is 10.0. The largest absolute Gasteiger partial charge is 0.507 e. The van der Waals surface area contributed by atoms with Crippen molar-refractivity contribution in [2.24, 2.45) is 0 Å². The van der Waals surface area contributed by atoms with Crippen LogP contribution in [0.1, 0.15) is 54.8 Å². The van der Waals surface area contributed by atoms with Gasteiger partial charge in [-0.05, 0) is 44.0 Å². The predicted molar refractivity (Wildman–Crippen MR) is 109 cm³/mol. The van der Waals surface area contributed by atoms with Crippen LogP contribution in [0.2, 0.25) is 0 Å². The molecule has 0 spiro atoms. The first-order chi connectivity index (χ1) is 14.6. The molecule has 1 aliphatic rings. The van der Waals surface area contributed by atoms with E-state index in [1.54, 1.807) is 12.1 Å². The number of carbonyl (C=O) groups is 2. The van der Waals surface area contributed by atoms with Crippen molar-refractivity contribution in [3.63, 3.8) is 0 Å². The lowest BCUT2D eigenvalue weighted by Gasteiger charge is -2.11. The quantitative estimate of drug-likeness (QED) is 0.552. The number of phenols is 1. The molecule has 2 amide bonds. The lowest BCUT2D eigenvalue weighted by molar-refractivity contribution is 0.0988. The van der Waals surface area contributed by atoms with Gasteiger partial charge < -0.3 is 20.3 Å². The fourth-order valence-electron chi connectivity index (χ4n) is 3.77. The Morgan fingerprint density at radius 3 is 2.73 bits per heavy atom. The van der Waals surface area contributed by atoms with Gasteiger partial charge in [-0.15, -0.1) is 0 Å². The zero-order valence-electron chi connectivity index (χ0n) is 16.6. The highest BCUT2D eigenvalue weighted by Crippen LogP contribution is 2.38. The molecule has 2 heterocycles. The minimum Gasteiger partial charge on any atom is -0.507 e. The molecule has 2 aromatic heterocycles. The van der Waals surface area contributed by atoms with Gasteiger partial charge in [0.15, 0.2) is 0 Å². The van der Waals surface area contributed by atoms with E-state index in [0.29, 0.717) is 23.5 Å². The maximum Gasteiger partial charge on any atom is 0.342 e. The van der Waals surface area contributed by atoms with Crippen molar-refractivity contribution in [2.75, 3.05) is 11.9 Å². The van der Waals surface area contributed by atoms with Gasteiger partial charge in [0.25, 0.3) is 5.91 Å². The van der Waals surface area contributed by atoms with Crippen molar-refractivity contribution in [1.29, 1.82) is 0 Å². The fourth-order valence-corrected chi connectivity index (χ4v) is 3.77. The van der Waals surface area contributed by atoms with Crippen LogP contribution in [0.25, 0.3) is 11.3 Å². The molecule has 1 fully saturated rings. The van der Waals surface area contributed by atoms with Gasteiger partial charge >= 0.3 is 6.03 Å². The molecule has 4 rings (SSSR count). The van der Waals surface area contributed by atoms with Crippen LogP contribution in [0.15, 0.2) is 41.1 Å². The number of aromatic hydroxyl groups is 1.